The lowest BCUT2D eigenvalue weighted by Gasteiger charge is -2.15. The van der Waals surface area contributed by atoms with E-state index in [-0.39, 0.29) is 6.42 Å². The molecule has 0 radical (unpaired) electrons. The summed E-state index contributed by atoms with van der Waals surface area (Å²) in [6.07, 6.45) is 18.9. The van der Waals surface area contributed by atoms with E-state index >= 15 is 0 Å². The largest absolute Gasteiger partial charge is 0.577 e. The second-order valence-electron chi connectivity index (χ2n) is 6.88. The number of hydrogen-bond donors (Lipinski definition) is 0. The first-order valence-corrected chi connectivity index (χ1v) is 10.2. The third-order valence-electron chi connectivity index (χ3n) is 4.62. The summed E-state index contributed by atoms with van der Waals surface area (Å²) < 4.78 is 0. The van der Waals surface area contributed by atoms with Gasteiger partial charge in [0, 0.05) is 11.3 Å². The van der Waals surface area contributed by atoms with E-state index in [1.165, 1.54) is 19.3 Å². The quantitative estimate of drug-likeness (QED) is 0.0774. The molecule has 0 bridgehead atoms. The number of allylic oxidation sites excluding steroid dienone is 6. The van der Waals surface area contributed by atoms with E-state index in [0.717, 1.165) is 19.3 Å². The maximum Gasteiger partial charge on any atom is 0.577 e. The maximum atomic E-state index is 11.1. The van der Waals surface area contributed by atoms with Crippen LogP contribution >= 0.6 is 0 Å². The normalized spacial score (nSPS) is 13.2. The number of nitro groups is 3. The maximum absolute atomic E-state index is 11.1. The second kappa shape index (κ2) is 15.9. The highest BCUT2D eigenvalue weighted by Gasteiger charge is 2.70. The van der Waals surface area contributed by atoms with E-state index in [9.17, 15) is 35.1 Å². The van der Waals surface area contributed by atoms with Gasteiger partial charge in [-0.15, -0.1) is 0 Å². The third kappa shape index (κ3) is 9.53. The minimum atomic E-state index is -3.45. The van der Waals surface area contributed by atoms with E-state index < -0.39 is 39.2 Å². The van der Waals surface area contributed by atoms with Crippen molar-refractivity contribution in [1.82, 2.24) is 0 Å². The summed E-state index contributed by atoms with van der Waals surface area (Å²) in [5.74, 6) is 0. The van der Waals surface area contributed by atoms with Gasteiger partial charge in [-0.2, -0.15) is 0 Å². The summed E-state index contributed by atoms with van der Waals surface area (Å²) in [6.45, 7) is 2.17. The molecule has 0 aliphatic carbocycles. The first-order chi connectivity index (χ1) is 14.3. The van der Waals surface area contributed by atoms with Crippen LogP contribution in [0.5, 0.6) is 0 Å². The van der Waals surface area contributed by atoms with Crippen LogP contribution in [0.2, 0.25) is 0 Å². The van der Waals surface area contributed by atoms with Crippen molar-refractivity contribution in [2.45, 2.75) is 82.8 Å². The summed E-state index contributed by atoms with van der Waals surface area (Å²) in [4.78, 5) is 40.0. The molecule has 0 N–H and O–H groups in total. The molecule has 0 fully saturated rings. The molecule has 0 heterocycles. The van der Waals surface area contributed by atoms with Crippen molar-refractivity contribution in [3.8, 4) is 0 Å². The van der Waals surface area contributed by atoms with E-state index in [1.807, 2.05) is 18.2 Å². The van der Waals surface area contributed by atoms with E-state index in [2.05, 4.69) is 25.2 Å². The van der Waals surface area contributed by atoms with Crippen molar-refractivity contribution in [1.29, 1.82) is 0 Å². The average molecular weight is 425 g/mol. The number of aldehydes is 1. The van der Waals surface area contributed by atoms with Crippen molar-refractivity contribution < 1.29 is 19.6 Å². The molecule has 1 unspecified atom stereocenters. The van der Waals surface area contributed by atoms with Crippen LogP contribution in [-0.4, -0.2) is 32.8 Å². The first kappa shape index (κ1) is 27.1. The molecular formula is C20H31N3O7. The van der Waals surface area contributed by atoms with Crippen molar-refractivity contribution in [2.24, 2.45) is 0 Å². The number of rotatable bonds is 18. The van der Waals surface area contributed by atoms with E-state index in [1.54, 1.807) is 0 Å². The van der Waals surface area contributed by atoms with Crippen LogP contribution in [0.3, 0.4) is 0 Å². The smallest absolute Gasteiger partial charge is 0.287 e. The fraction of sp³-hybridized carbons (Fsp3) is 0.650. The molecule has 0 aliphatic heterocycles. The molecule has 0 aromatic rings. The van der Waals surface area contributed by atoms with Gasteiger partial charge in [0.15, 0.2) is 0 Å². The summed E-state index contributed by atoms with van der Waals surface area (Å²) in [7, 11) is 0. The Hall–Kier alpha value is -2.91. The van der Waals surface area contributed by atoms with Gasteiger partial charge in [-0.1, -0.05) is 56.2 Å². The lowest BCUT2D eigenvalue weighted by Crippen LogP contribution is -2.60. The number of hydrogen-bond acceptors (Lipinski definition) is 7. The minimum Gasteiger partial charge on any atom is -0.287 e. The highest BCUT2D eigenvalue weighted by atomic mass is 16.7. The zero-order valence-electron chi connectivity index (χ0n) is 17.4. The fourth-order valence-corrected chi connectivity index (χ4v) is 2.84. The Morgan fingerprint density at radius 3 is 1.63 bits per heavy atom. The molecule has 1 atom stereocenters. The summed E-state index contributed by atoms with van der Waals surface area (Å²) in [5, 5.41) is 33.1. The van der Waals surface area contributed by atoms with Crippen LogP contribution in [0.25, 0.3) is 0 Å². The second-order valence-corrected chi connectivity index (χ2v) is 6.88. The van der Waals surface area contributed by atoms with Crippen molar-refractivity contribution >= 4 is 6.29 Å². The van der Waals surface area contributed by atoms with Crippen LogP contribution in [0.15, 0.2) is 36.5 Å². The zero-order chi connectivity index (χ0) is 22.8. The molecule has 0 saturated carbocycles. The van der Waals surface area contributed by atoms with Crippen LogP contribution in [0, 0.1) is 30.3 Å². The van der Waals surface area contributed by atoms with E-state index in [0.29, 0.717) is 12.8 Å². The minimum absolute atomic E-state index is 0.159. The van der Waals surface area contributed by atoms with Crippen molar-refractivity contribution in [3.05, 3.63) is 66.8 Å². The van der Waals surface area contributed by atoms with Crippen LogP contribution < -0.4 is 0 Å². The Labute approximate surface area is 176 Å². The fourth-order valence-electron chi connectivity index (χ4n) is 2.84. The Morgan fingerprint density at radius 1 is 0.767 bits per heavy atom. The van der Waals surface area contributed by atoms with Gasteiger partial charge in [-0.25, -0.2) is 0 Å². The molecule has 0 aromatic heterocycles. The van der Waals surface area contributed by atoms with Crippen LogP contribution in [-0.2, 0) is 4.79 Å². The topological polar surface area (TPSA) is 146 Å². The van der Waals surface area contributed by atoms with Gasteiger partial charge in [-0.05, 0) is 44.9 Å². The number of carbonyl (C=O) groups excluding carboxylic acids is 1. The average Bonchev–Trinajstić information content (AvgIpc) is 2.69. The lowest BCUT2D eigenvalue weighted by atomic mass is 9.97. The number of carbonyl (C=O) groups is 1. The molecule has 0 aromatic carbocycles. The molecule has 10 heteroatoms. The Kier molecular flexibility index (Phi) is 14.4. The summed E-state index contributed by atoms with van der Waals surface area (Å²) in [5.41, 5.74) is -3.45. The monoisotopic (exact) mass is 425 g/mol. The molecule has 0 saturated heterocycles. The van der Waals surface area contributed by atoms with Crippen LogP contribution in [0.4, 0.5) is 0 Å². The molecule has 30 heavy (non-hydrogen) atoms. The van der Waals surface area contributed by atoms with Gasteiger partial charge in [0.05, 0.1) is 0 Å². The van der Waals surface area contributed by atoms with E-state index in [4.69, 9.17) is 0 Å². The predicted molar refractivity (Wildman–Crippen MR) is 113 cm³/mol. The third-order valence-corrected chi connectivity index (χ3v) is 4.62. The molecule has 10 nitrogen and oxygen atoms in total. The molecule has 0 spiro atoms. The Balaban J connectivity index is 4.26. The SMILES string of the molecule is CCCCC/C=C/C/C=C/C/C=C/CCCCC([N+](=O)[O-])C(C=O)([N+](=O)[O-])[N+](=O)[O-]. The highest BCUT2D eigenvalue weighted by molar-refractivity contribution is 5.60. The van der Waals surface area contributed by atoms with Gasteiger partial charge < -0.3 is 0 Å². The number of unbranched alkanes of at least 4 members (excludes halogenated alkanes) is 5. The van der Waals surface area contributed by atoms with Gasteiger partial charge in [0.2, 0.25) is 0 Å². The molecular weight excluding hydrogens is 394 g/mol. The van der Waals surface area contributed by atoms with Crippen LogP contribution in [0.1, 0.15) is 71.1 Å². The molecule has 0 rings (SSSR count). The number of nitrogens with zero attached hydrogens (tertiary/aromatic N) is 3. The molecule has 168 valence electrons. The van der Waals surface area contributed by atoms with Gasteiger partial charge >= 0.3 is 11.7 Å². The summed E-state index contributed by atoms with van der Waals surface area (Å²) in [6, 6.07) is -2.21. The Morgan fingerprint density at radius 2 is 1.23 bits per heavy atom. The van der Waals surface area contributed by atoms with Gasteiger partial charge in [-0.3, -0.25) is 35.1 Å². The zero-order valence-corrected chi connectivity index (χ0v) is 17.4. The van der Waals surface area contributed by atoms with Gasteiger partial charge in [0.25, 0.3) is 6.29 Å². The highest BCUT2D eigenvalue weighted by Crippen LogP contribution is 2.22. The lowest BCUT2D eigenvalue weighted by molar-refractivity contribution is -0.812. The standard InChI is InChI=1S/C20H31N3O7/c1-2-3-4-5-6-7-8-9-10-11-12-13-14-15-16-17-19(21(25)26)20(18-24,22(27)28)23(29)30/h6-7,9-10,12-13,18-19H,2-5,8,11,14-17H2,1H3/b7-6+,10-9+,13-12+. The molecule has 0 aliphatic rings. The van der Waals surface area contributed by atoms with Crippen molar-refractivity contribution in [3.63, 3.8) is 0 Å². The summed E-state index contributed by atoms with van der Waals surface area (Å²) >= 11 is 0. The van der Waals surface area contributed by atoms with Gasteiger partial charge in [0.1, 0.15) is 9.85 Å². The first-order valence-electron chi connectivity index (χ1n) is 10.2. The molecule has 0 amide bonds. The van der Waals surface area contributed by atoms with Crippen molar-refractivity contribution in [2.75, 3.05) is 0 Å². The Bertz CT molecular complexity index is 630. The predicted octanol–water partition coefficient (Wildman–Crippen LogP) is 4.67.